The van der Waals surface area contributed by atoms with Gasteiger partial charge >= 0.3 is 5.69 Å². The Labute approximate surface area is 122 Å². The van der Waals surface area contributed by atoms with E-state index < -0.39 is 10.7 Å². The lowest BCUT2D eigenvalue weighted by Gasteiger charge is -2.08. The van der Waals surface area contributed by atoms with Crippen LogP contribution in [-0.4, -0.2) is 12.0 Å². The second-order valence-electron chi connectivity index (χ2n) is 3.77. The van der Waals surface area contributed by atoms with Crippen molar-refractivity contribution in [3.63, 3.8) is 0 Å². The number of benzene rings is 2. The minimum atomic E-state index is -0.590. The summed E-state index contributed by atoms with van der Waals surface area (Å²) in [5.41, 5.74) is -0.257. The van der Waals surface area contributed by atoms with E-state index in [9.17, 15) is 14.5 Å². The zero-order chi connectivity index (χ0) is 14.7. The van der Waals surface area contributed by atoms with Gasteiger partial charge in [-0.25, -0.2) is 4.39 Å². The van der Waals surface area contributed by atoms with Crippen molar-refractivity contribution in [1.29, 1.82) is 0 Å². The largest absolute Gasteiger partial charge is 0.496 e. The van der Waals surface area contributed by atoms with Crippen molar-refractivity contribution in [2.24, 2.45) is 0 Å². The Hall–Kier alpha value is -2.15. The molecule has 0 saturated carbocycles. The Bertz CT molecular complexity index is 663. The molecule has 0 unspecified atom stereocenters. The molecule has 0 radical (unpaired) electrons. The summed E-state index contributed by atoms with van der Waals surface area (Å²) >= 11 is 3.02. The minimum Gasteiger partial charge on any atom is -0.496 e. The van der Waals surface area contributed by atoms with Crippen LogP contribution in [0.2, 0.25) is 0 Å². The van der Waals surface area contributed by atoms with Gasteiger partial charge in [0.2, 0.25) is 5.75 Å². The Morgan fingerprint density at radius 2 is 1.90 bits per heavy atom. The highest BCUT2D eigenvalue weighted by Gasteiger charge is 2.17. The first kappa shape index (κ1) is 14.3. The average molecular weight is 342 g/mol. The number of hydrogen-bond acceptors (Lipinski definition) is 4. The molecular formula is C13H9BrFNO4. The highest BCUT2D eigenvalue weighted by atomic mass is 79.9. The Kier molecular flexibility index (Phi) is 4.19. The van der Waals surface area contributed by atoms with Crippen molar-refractivity contribution >= 4 is 21.6 Å². The SMILES string of the molecule is COc1ccc(Oc2ccc(Br)c(F)c2)c([N+](=O)[O-])c1. The van der Waals surface area contributed by atoms with E-state index in [1.807, 2.05) is 0 Å². The smallest absolute Gasteiger partial charge is 0.315 e. The summed E-state index contributed by atoms with van der Waals surface area (Å²) in [6.45, 7) is 0. The highest BCUT2D eigenvalue weighted by Crippen LogP contribution is 2.35. The minimum absolute atomic E-state index is 0.0116. The van der Waals surface area contributed by atoms with Crippen LogP contribution in [0.3, 0.4) is 0 Å². The van der Waals surface area contributed by atoms with E-state index in [0.29, 0.717) is 5.75 Å². The van der Waals surface area contributed by atoms with E-state index in [2.05, 4.69) is 15.9 Å². The summed E-state index contributed by atoms with van der Waals surface area (Å²) in [6, 6.07) is 8.26. The molecule has 2 rings (SSSR count). The summed E-state index contributed by atoms with van der Waals surface area (Å²) in [6.07, 6.45) is 0. The third-order valence-electron chi connectivity index (χ3n) is 2.48. The lowest BCUT2D eigenvalue weighted by molar-refractivity contribution is -0.385. The maximum absolute atomic E-state index is 13.4. The van der Waals surface area contributed by atoms with E-state index in [4.69, 9.17) is 9.47 Å². The summed E-state index contributed by atoms with van der Waals surface area (Å²) in [7, 11) is 1.41. The molecule has 0 heterocycles. The van der Waals surface area contributed by atoms with Crippen molar-refractivity contribution < 1.29 is 18.8 Å². The summed E-state index contributed by atoms with van der Waals surface area (Å²) < 4.78 is 23.9. The number of ether oxygens (including phenoxy) is 2. The fraction of sp³-hybridized carbons (Fsp3) is 0.0769. The molecule has 7 heteroatoms. The van der Waals surface area contributed by atoms with Gasteiger partial charge in [-0.15, -0.1) is 0 Å². The van der Waals surface area contributed by atoms with Crippen LogP contribution < -0.4 is 9.47 Å². The molecule has 0 aliphatic heterocycles. The van der Waals surface area contributed by atoms with E-state index in [-0.39, 0.29) is 21.7 Å². The van der Waals surface area contributed by atoms with Crippen LogP contribution in [0.25, 0.3) is 0 Å². The van der Waals surface area contributed by atoms with Gasteiger partial charge < -0.3 is 9.47 Å². The fourth-order valence-corrected chi connectivity index (χ4v) is 1.77. The Morgan fingerprint density at radius 1 is 1.20 bits per heavy atom. The molecular weight excluding hydrogens is 333 g/mol. The van der Waals surface area contributed by atoms with Crippen molar-refractivity contribution in [1.82, 2.24) is 0 Å². The lowest BCUT2D eigenvalue weighted by atomic mass is 10.2. The van der Waals surface area contributed by atoms with Crippen LogP contribution in [0, 0.1) is 15.9 Å². The van der Waals surface area contributed by atoms with Gasteiger partial charge in [0.1, 0.15) is 17.3 Å². The molecule has 0 spiro atoms. The Balaban J connectivity index is 2.37. The van der Waals surface area contributed by atoms with Crippen molar-refractivity contribution in [3.8, 4) is 17.2 Å². The third kappa shape index (κ3) is 3.05. The van der Waals surface area contributed by atoms with Gasteiger partial charge in [0.15, 0.2) is 0 Å². The van der Waals surface area contributed by atoms with Crippen molar-refractivity contribution in [3.05, 3.63) is 56.8 Å². The number of nitro benzene ring substituents is 1. The van der Waals surface area contributed by atoms with Crippen LogP contribution >= 0.6 is 15.9 Å². The van der Waals surface area contributed by atoms with E-state index in [1.165, 1.54) is 37.4 Å². The number of hydrogen-bond donors (Lipinski definition) is 0. The molecule has 0 aliphatic rings. The molecule has 104 valence electrons. The van der Waals surface area contributed by atoms with Crippen LogP contribution in [0.15, 0.2) is 40.9 Å². The van der Waals surface area contributed by atoms with E-state index >= 15 is 0 Å². The molecule has 0 atom stereocenters. The van der Waals surface area contributed by atoms with Crippen LogP contribution in [0.4, 0.5) is 10.1 Å². The molecule has 0 bridgehead atoms. The quantitative estimate of drug-likeness (QED) is 0.614. The zero-order valence-electron chi connectivity index (χ0n) is 10.3. The molecule has 2 aromatic rings. The first-order chi connectivity index (χ1) is 9.51. The topological polar surface area (TPSA) is 61.6 Å². The van der Waals surface area contributed by atoms with E-state index in [0.717, 1.165) is 6.07 Å². The van der Waals surface area contributed by atoms with E-state index in [1.54, 1.807) is 0 Å². The average Bonchev–Trinajstić information content (AvgIpc) is 2.43. The van der Waals surface area contributed by atoms with Crippen molar-refractivity contribution in [2.45, 2.75) is 0 Å². The number of nitro groups is 1. The normalized spacial score (nSPS) is 10.2. The van der Waals surface area contributed by atoms with Gasteiger partial charge in [-0.2, -0.15) is 0 Å². The number of nitrogens with zero attached hydrogens (tertiary/aromatic N) is 1. The molecule has 2 aromatic carbocycles. The molecule has 5 nitrogen and oxygen atoms in total. The second-order valence-corrected chi connectivity index (χ2v) is 4.62. The molecule has 0 N–H and O–H groups in total. The maximum atomic E-state index is 13.4. The third-order valence-corrected chi connectivity index (χ3v) is 3.12. The Morgan fingerprint density at radius 3 is 2.50 bits per heavy atom. The molecule has 0 aliphatic carbocycles. The van der Waals surface area contributed by atoms with Gasteiger partial charge in [0.25, 0.3) is 0 Å². The van der Waals surface area contributed by atoms with Gasteiger partial charge in [0, 0.05) is 6.07 Å². The number of rotatable bonds is 4. The van der Waals surface area contributed by atoms with Crippen LogP contribution in [-0.2, 0) is 0 Å². The van der Waals surface area contributed by atoms with Gasteiger partial charge in [-0.3, -0.25) is 10.1 Å². The monoisotopic (exact) mass is 341 g/mol. The van der Waals surface area contributed by atoms with Crippen LogP contribution in [0.5, 0.6) is 17.2 Å². The predicted octanol–water partition coefficient (Wildman–Crippen LogP) is 4.30. The lowest BCUT2D eigenvalue weighted by Crippen LogP contribution is -1.95. The highest BCUT2D eigenvalue weighted by molar-refractivity contribution is 9.10. The first-order valence-electron chi connectivity index (χ1n) is 5.46. The van der Waals surface area contributed by atoms with Crippen molar-refractivity contribution in [2.75, 3.05) is 7.11 Å². The maximum Gasteiger partial charge on any atom is 0.315 e. The second kappa shape index (κ2) is 5.87. The first-order valence-corrected chi connectivity index (χ1v) is 6.26. The van der Waals surface area contributed by atoms with Gasteiger partial charge in [-0.05, 0) is 40.2 Å². The van der Waals surface area contributed by atoms with Gasteiger partial charge in [-0.1, -0.05) is 0 Å². The zero-order valence-corrected chi connectivity index (χ0v) is 11.9. The summed E-state index contributed by atoms with van der Waals surface area (Å²) in [5.74, 6) is 0.00110. The number of halogens is 2. The molecule has 0 amide bonds. The predicted molar refractivity (Wildman–Crippen MR) is 73.8 cm³/mol. The molecule has 0 aromatic heterocycles. The number of methoxy groups -OCH3 is 1. The standard InChI is InChI=1S/C13H9BrFNO4/c1-19-8-3-5-13(12(7-8)16(17)18)20-9-2-4-10(14)11(15)6-9/h2-7H,1H3. The summed E-state index contributed by atoms with van der Waals surface area (Å²) in [5, 5.41) is 11.0. The molecule has 20 heavy (non-hydrogen) atoms. The fourth-order valence-electron chi connectivity index (χ4n) is 1.52. The van der Waals surface area contributed by atoms with Crippen LogP contribution in [0.1, 0.15) is 0 Å². The summed E-state index contributed by atoms with van der Waals surface area (Å²) in [4.78, 5) is 10.4. The molecule has 0 fully saturated rings. The van der Waals surface area contributed by atoms with Gasteiger partial charge in [0.05, 0.1) is 22.6 Å². The molecule has 0 saturated heterocycles.